The summed E-state index contributed by atoms with van der Waals surface area (Å²) in [5.74, 6) is -1.03. The molecule has 0 aliphatic carbocycles. The fourth-order valence-corrected chi connectivity index (χ4v) is 4.43. The quantitative estimate of drug-likeness (QED) is 0.203. The molecule has 0 fully saturated rings. The van der Waals surface area contributed by atoms with Gasteiger partial charge in [0.15, 0.2) is 28.3 Å². The lowest BCUT2D eigenvalue weighted by molar-refractivity contribution is -0.115. The van der Waals surface area contributed by atoms with Gasteiger partial charge in [-0.1, -0.05) is 6.07 Å². The van der Waals surface area contributed by atoms with Gasteiger partial charge in [-0.15, -0.1) is 11.3 Å². The van der Waals surface area contributed by atoms with Crippen LogP contribution in [-0.4, -0.2) is 46.7 Å². The number of hydrogen-bond donors (Lipinski definition) is 3. The minimum absolute atomic E-state index is 0.0594. The number of nitrogens with zero attached hydrogens (tertiary/aromatic N) is 3. The van der Waals surface area contributed by atoms with Crippen molar-refractivity contribution in [3.8, 4) is 11.5 Å². The third-order valence-corrected chi connectivity index (χ3v) is 6.36. The van der Waals surface area contributed by atoms with Crippen LogP contribution < -0.4 is 25.4 Å². The number of carbonyl (C=O) groups excluding carboxylic acids is 1. The first-order chi connectivity index (χ1) is 18.6. The number of halogens is 2. The molecule has 0 saturated heterocycles. The summed E-state index contributed by atoms with van der Waals surface area (Å²) in [4.78, 5) is 26.0. The third-order valence-electron chi connectivity index (χ3n) is 5.44. The number of benzene rings is 2. The Morgan fingerprint density at radius 1 is 1.15 bits per heavy atom. The first kappa shape index (κ1) is 28.1. The number of carbonyl (C=O) groups is 1. The lowest BCUT2D eigenvalue weighted by Gasteiger charge is -2.20. The summed E-state index contributed by atoms with van der Waals surface area (Å²) in [6, 6.07) is 7.19. The van der Waals surface area contributed by atoms with Crippen LogP contribution in [0.25, 0.3) is 10.9 Å². The molecule has 0 spiro atoms. The lowest BCUT2D eigenvalue weighted by atomic mass is 10.1. The van der Waals surface area contributed by atoms with Gasteiger partial charge in [0.25, 0.3) is 0 Å². The first-order valence-corrected chi connectivity index (χ1v) is 13.0. The van der Waals surface area contributed by atoms with Gasteiger partial charge in [0.05, 0.1) is 31.3 Å². The summed E-state index contributed by atoms with van der Waals surface area (Å²) < 4.78 is 38.7. The van der Waals surface area contributed by atoms with E-state index >= 15 is 0 Å². The van der Waals surface area contributed by atoms with Gasteiger partial charge in [-0.05, 0) is 51.9 Å². The third kappa shape index (κ3) is 7.58. The Morgan fingerprint density at radius 2 is 1.97 bits per heavy atom. The zero-order valence-electron chi connectivity index (χ0n) is 21.8. The lowest BCUT2D eigenvalue weighted by Crippen LogP contribution is -2.37. The van der Waals surface area contributed by atoms with Crippen molar-refractivity contribution in [2.45, 2.75) is 32.2 Å². The van der Waals surface area contributed by atoms with Crippen molar-refractivity contribution >= 4 is 44.8 Å². The topological polar surface area (TPSA) is 110 Å². The highest BCUT2D eigenvalue weighted by molar-refractivity contribution is 7.15. The van der Waals surface area contributed by atoms with Crippen LogP contribution in [0.1, 0.15) is 25.1 Å². The van der Waals surface area contributed by atoms with Gasteiger partial charge in [-0.2, -0.15) is 0 Å². The minimum Gasteiger partial charge on any atom is -0.493 e. The Bertz CT molecular complexity index is 1460. The van der Waals surface area contributed by atoms with Crippen LogP contribution in [0.4, 0.5) is 25.4 Å². The number of fused-ring (bicyclic) bond motifs is 1. The van der Waals surface area contributed by atoms with E-state index in [0.717, 1.165) is 19.0 Å². The second kappa shape index (κ2) is 12.3. The van der Waals surface area contributed by atoms with E-state index in [9.17, 15) is 13.6 Å². The van der Waals surface area contributed by atoms with Crippen molar-refractivity contribution in [1.82, 2.24) is 20.3 Å². The van der Waals surface area contributed by atoms with E-state index in [-0.39, 0.29) is 17.6 Å². The van der Waals surface area contributed by atoms with Gasteiger partial charge in [0.1, 0.15) is 12.1 Å². The molecular weight excluding hydrogens is 526 g/mol. The molecular formula is C27H29F2N6O3S. The normalized spacial score (nSPS) is 11.4. The van der Waals surface area contributed by atoms with Crippen molar-refractivity contribution in [1.29, 1.82) is 0 Å². The molecule has 4 aromatic rings. The highest BCUT2D eigenvalue weighted by Gasteiger charge is 2.15. The first-order valence-electron chi connectivity index (χ1n) is 12.1. The van der Waals surface area contributed by atoms with E-state index in [1.54, 1.807) is 19.2 Å². The van der Waals surface area contributed by atoms with Crippen molar-refractivity contribution in [3.63, 3.8) is 0 Å². The molecule has 2 aromatic heterocycles. The average Bonchev–Trinajstić information content (AvgIpc) is 3.32. The number of nitrogens with one attached hydrogen (secondary N) is 3. The molecule has 0 saturated carbocycles. The molecule has 39 heavy (non-hydrogen) atoms. The van der Waals surface area contributed by atoms with Gasteiger partial charge in [0, 0.05) is 28.1 Å². The maximum atomic E-state index is 13.8. The van der Waals surface area contributed by atoms with Crippen LogP contribution in [0.15, 0.2) is 42.9 Å². The fraction of sp³-hybridized carbons (Fsp3) is 0.296. The minimum atomic E-state index is -1.10. The maximum absolute atomic E-state index is 13.8. The van der Waals surface area contributed by atoms with Crippen LogP contribution in [-0.2, 0) is 11.2 Å². The maximum Gasteiger partial charge on any atom is 0.229 e. The van der Waals surface area contributed by atoms with Gasteiger partial charge in [-0.25, -0.2) is 23.7 Å². The molecule has 2 aromatic carbocycles. The van der Waals surface area contributed by atoms with E-state index in [2.05, 4.69) is 37.8 Å². The fourth-order valence-electron chi connectivity index (χ4n) is 3.62. The largest absolute Gasteiger partial charge is 0.493 e. The highest BCUT2D eigenvalue weighted by atomic mass is 32.1. The monoisotopic (exact) mass is 555 g/mol. The summed E-state index contributed by atoms with van der Waals surface area (Å²) in [7, 11) is 1.56. The van der Waals surface area contributed by atoms with Crippen LogP contribution in [0.5, 0.6) is 11.5 Å². The number of aromatic nitrogens is 3. The van der Waals surface area contributed by atoms with E-state index in [0.29, 0.717) is 44.8 Å². The average molecular weight is 556 g/mol. The molecule has 0 bridgehead atoms. The zero-order chi connectivity index (χ0) is 28.0. The van der Waals surface area contributed by atoms with Gasteiger partial charge in [0.2, 0.25) is 5.91 Å². The number of rotatable bonds is 12. The second-order valence-electron chi connectivity index (χ2n) is 9.34. The number of amides is 1. The highest BCUT2D eigenvalue weighted by Crippen LogP contribution is 2.35. The van der Waals surface area contributed by atoms with Gasteiger partial charge in [-0.3, -0.25) is 4.79 Å². The van der Waals surface area contributed by atoms with Gasteiger partial charge >= 0.3 is 0 Å². The van der Waals surface area contributed by atoms with Crippen LogP contribution >= 0.6 is 11.3 Å². The van der Waals surface area contributed by atoms with E-state index < -0.39 is 17.5 Å². The van der Waals surface area contributed by atoms with Crippen LogP contribution in [0.3, 0.4) is 0 Å². The second-order valence-corrected chi connectivity index (χ2v) is 10.5. The number of methoxy groups -OCH3 is 1. The molecule has 0 aliphatic heterocycles. The molecule has 0 atom stereocenters. The standard InChI is InChI=1S/C27H29F2N6O3S/c1-27(2,3)33-9-6-10-38-22-13-20-17(12-21(22)37-4)25(32-15-31-20)35-26-30-14-16(39-26)11-23(36)34-19-8-5-7-18(28)24(19)29/h5,7-8,12-15,33H,1,6,9-11H2,2-4H3,(H,34,36)(H,30,31,32,35). The summed E-state index contributed by atoms with van der Waals surface area (Å²) in [6.07, 6.45) is 3.69. The summed E-state index contributed by atoms with van der Waals surface area (Å²) in [5, 5.41) is 10.0. The van der Waals surface area contributed by atoms with E-state index in [1.807, 2.05) is 13.8 Å². The molecule has 4 rings (SSSR count). The Hall–Kier alpha value is -3.90. The Kier molecular flexibility index (Phi) is 8.87. The van der Waals surface area contributed by atoms with Crippen molar-refractivity contribution in [2.75, 3.05) is 30.9 Å². The molecule has 1 radical (unpaired) electrons. The molecule has 0 aliphatic rings. The summed E-state index contributed by atoms with van der Waals surface area (Å²) in [5.41, 5.74) is 0.230. The molecule has 12 heteroatoms. The Labute approximate surface area is 229 Å². The molecule has 0 unspecified atom stereocenters. The molecule has 2 heterocycles. The smallest absolute Gasteiger partial charge is 0.229 e. The number of thiazole rings is 1. The van der Waals surface area contributed by atoms with Gasteiger partial charge < -0.3 is 25.4 Å². The summed E-state index contributed by atoms with van der Waals surface area (Å²) >= 11 is 1.24. The number of ether oxygens (including phenoxy) is 2. The molecule has 1 amide bonds. The Balaban J connectivity index is 1.42. The molecule has 3 N–H and O–H groups in total. The number of anilines is 3. The SMILES string of the molecule is [CH2]C(C)(C)NCCCOc1cc2ncnc(Nc3ncc(CC(=O)Nc4cccc(F)c4F)s3)c2cc1OC. The number of hydrogen-bond acceptors (Lipinski definition) is 9. The van der Waals surface area contributed by atoms with Crippen LogP contribution in [0, 0.1) is 18.6 Å². The molecule has 9 nitrogen and oxygen atoms in total. The van der Waals surface area contributed by atoms with Crippen LogP contribution in [0.2, 0.25) is 0 Å². The van der Waals surface area contributed by atoms with Crippen molar-refractivity contribution < 1.29 is 23.0 Å². The molecule has 205 valence electrons. The van der Waals surface area contributed by atoms with E-state index in [1.165, 1.54) is 36.0 Å². The predicted octanol–water partition coefficient (Wildman–Crippen LogP) is 5.27. The van der Waals surface area contributed by atoms with E-state index in [4.69, 9.17) is 9.47 Å². The zero-order valence-corrected chi connectivity index (χ0v) is 22.6. The predicted molar refractivity (Wildman–Crippen MR) is 148 cm³/mol. The van der Waals surface area contributed by atoms with Crippen molar-refractivity contribution in [3.05, 3.63) is 66.3 Å². The van der Waals surface area contributed by atoms with Crippen molar-refractivity contribution in [2.24, 2.45) is 0 Å². The summed E-state index contributed by atoms with van der Waals surface area (Å²) in [6.45, 7) is 9.29. The Morgan fingerprint density at radius 3 is 2.74 bits per heavy atom.